The summed E-state index contributed by atoms with van der Waals surface area (Å²) in [4.78, 5) is 17.7. The number of carbonyl (C=O) groups excluding carboxylic acids is 1. The molecule has 0 aromatic carbocycles. The molecule has 1 unspecified atom stereocenters. The second kappa shape index (κ2) is 5.63. The van der Waals surface area contributed by atoms with Gasteiger partial charge < -0.3 is 10.2 Å². The number of hydrogen-bond donors (Lipinski definition) is 2. The monoisotopic (exact) mass is 282 g/mol. The molecule has 1 atom stereocenters. The molecule has 1 fully saturated rings. The normalized spacial score (nSPS) is 17.5. The Morgan fingerprint density at radius 3 is 3.00 bits per heavy atom. The average Bonchev–Trinajstić information content (AvgIpc) is 3.17. The summed E-state index contributed by atoms with van der Waals surface area (Å²) < 4.78 is 0. The summed E-state index contributed by atoms with van der Waals surface area (Å²) in [5.74, 6) is -0.201. The highest BCUT2D eigenvalue weighted by molar-refractivity contribution is 5.93. The van der Waals surface area contributed by atoms with Crippen LogP contribution >= 0.6 is 0 Å². The molecule has 7 nitrogen and oxygen atoms in total. The van der Waals surface area contributed by atoms with Crippen LogP contribution in [0.15, 0.2) is 30.6 Å². The molecule has 1 aliphatic rings. The Balaban J connectivity index is 1.67. The van der Waals surface area contributed by atoms with E-state index in [2.05, 4.69) is 26.7 Å². The first-order chi connectivity index (χ1) is 10.3. The van der Waals surface area contributed by atoms with Crippen LogP contribution in [0.25, 0.3) is 11.3 Å². The number of aromatic amines is 1. The first-order valence-electron chi connectivity index (χ1n) is 6.67. The highest BCUT2D eigenvalue weighted by atomic mass is 16.2. The van der Waals surface area contributed by atoms with Crippen molar-refractivity contribution < 1.29 is 4.79 Å². The predicted octanol–water partition coefficient (Wildman–Crippen LogP) is 0.757. The lowest BCUT2D eigenvalue weighted by molar-refractivity contribution is 0.0933. The topological polar surface area (TPSA) is 97.7 Å². The van der Waals surface area contributed by atoms with E-state index in [9.17, 15) is 4.79 Å². The molecule has 1 saturated heterocycles. The van der Waals surface area contributed by atoms with Crippen molar-refractivity contribution in [2.45, 2.75) is 12.5 Å². The molecule has 7 heteroatoms. The first-order valence-corrected chi connectivity index (χ1v) is 6.67. The molecule has 2 N–H and O–H groups in total. The number of nitriles is 1. The third-order valence-electron chi connectivity index (χ3n) is 3.46. The Bertz CT molecular complexity index is 674. The van der Waals surface area contributed by atoms with Crippen LogP contribution in [0.1, 0.15) is 16.9 Å². The highest BCUT2D eigenvalue weighted by Gasteiger charge is 2.24. The number of rotatable bonds is 3. The molecule has 0 bridgehead atoms. The van der Waals surface area contributed by atoms with Crippen molar-refractivity contribution in [1.82, 2.24) is 25.4 Å². The van der Waals surface area contributed by atoms with Crippen LogP contribution in [0.2, 0.25) is 0 Å². The summed E-state index contributed by atoms with van der Waals surface area (Å²) >= 11 is 0. The molecule has 0 spiro atoms. The van der Waals surface area contributed by atoms with E-state index in [1.165, 1.54) is 0 Å². The summed E-state index contributed by atoms with van der Waals surface area (Å²) in [6, 6.07) is 5.38. The number of amides is 1. The zero-order valence-corrected chi connectivity index (χ0v) is 11.3. The van der Waals surface area contributed by atoms with E-state index in [4.69, 9.17) is 5.26 Å². The third kappa shape index (κ3) is 2.84. The summed E-state index contributed by atoms with van der Waals surface area (Å²) in [5.41, 5.74) is 2.02. The van der Waals surface area contributed by atoms with Gasteiger partial charge in [-0.3, -0.25) is 14.9 Å². The zero-order chi connectivity index (χ0) is 14.7. The maximum atomic E-state index is 12.1. The fourth-order valence-electron chi connectivity index (χ4n) is 2.34. The van der Waals surface area contributed by atoms with Crippen LogP contribution in [-0.4, -0.2) is 45.1 Å². The van der Waals surface area contributed by atoms with Crippen molar-refractivity contribution >= 4 is 5.91 Å². The zero-order valence-electron chi connectivity index (χ0n) is 11.3. The second-order valence-corrected chi connectivity index (χ2v) is 4.91. The Labute approximate surface area is 121 Å². The van der Waals surface area contributed by atoms with E-state index in [1.807, 2.05) is 12.1 Å². The minimum atomic E-state index is -0.201. The SMILES string of the molecule is N#CN1CCC(NC(=O)c2cc(-c3ccncc3)n[nH]2)C1. The molecule has 3 rings (SSSR count). The van der Waals surface area contributed by atoms with Gasteiger partial charge in [-0.1, -0.05) is 0 Å². The maximum Gasteiger partial charge on any atom is 0.269 e. The largest absolute Gasteiger partial charge is 0.346 e. The Kier molecular flexibility index (Phi) is 3.51. The van der Waals surface area contributed by atoms with E-state index in [0.29, 0.717) is 24.5 Å². The van der Waals surface area contributed by atoms with E-state index in [1.54, 1.807) is 23.4 Å². The molecule has 0 saturated carbocycles. The van der Waals surface area contributed by atoms with Crippen LogP contribution in [0.4, 0.5) is 0 Å². The predicted molar refractivity (Wildman–Crippen MR) is 74.9 cm³/mol. The molecule has 21 heavy (non-hydrogen) atoms. The molecule has 3 heterocycles. The molecule has 1 aliphatic heterocycles. The lowest BCUT2D eigenvalue weighted by Gasteiger charge is -2.10. The van der Waals surface area contributed by atoms with Crippen molar-refractivity contribution in [3.05, 3.63) is 36.3 Å². The second-order valence-electron chi connectivity index (χ2n) is 4.91. The molecule has 2 aromatic heterocycles. The minimum Gasteiger partial charge on any atom is -0.346 e. The van der Waals surface area contributed by atoms with E-state index in [0.717, 1.165) is 12.0 Å². The Hall–Kier alpha value is -2.88. The van der Waals surface area contributed by atoms with Crippen molar-refractivity contribution in [3.63, 3.8) is 0 Å². The number of likely N-dealkylation sites (tertiary alicyclic amines) is 1. The fraction of sp³-hybridized carbons (Fsp3) is 0.286. The summed E-state index contributed by atoms with van der Waals surface area (Å²) in [6.07, 6.45) is 6.23. The average molecular weight is 282 g/mol. The standard InChI is InChI=1S/C14H14N6O/c15-9-20-6-3-11(8-20)17-14(21)13-7-12(18-19-13)10-1-4-16-5-2-10/h1-2,4-5,7,11H,3,6,8H2,(H,17,21)(H,18,19). The smallest absolute Gasteiger partial charge is 0.269 e. The van der Waals surface area contributed by atoms with Gasteiger partial charge in [-0.15, -0.1) is 0 Å². The van der Waals surface area contributed by atoms with Crippen molar-refractivity contribution in [2.75, 3.05) is 13.1 Å². The molecule has 2 aromatic rings. The van der Waals surface area contributed by atoms with E-state index < -0.39 is 0 Å². The number of nitrogens with one attached hydrogen (secondary N) is 2. The van der Waals surface area contributed by atoms with Gasteiger partial charge in [-0.2, -0.15) is 10.4 Å². The Morgan fingerprint density at radius 2 is 2.29 bits per heavy atom. The number of hydrogen-bond acceptors (Lipinski definition) is 5. The highest BCUT2D eigenvalue weighted by Crippen LogP contribution is 2.16. The summed E-state index contributed by atoms with van der Waals surface area (Å²) in [7, 11) is 0. The lowest BCUT2D eigenvalue weighted by Crippen LogP contribution is -2.36. The van der Waals surface area contributed by atoms with Gasteiger partial charge >= 0.3 is 0 Å². The van der Waals surface area contributed by atoms with Gasteiger partial charge in [0.15, 0.2) is 6.19 Å². The maximum absolute atomic E-state index is 12.1. The lowest BCUT2D eigenvalue weighted by atomic mass is 10.2. The third-order valence-corrected chi connectivity index (χ3v) is 3.46. The number of carbonyl (C=O) groups is 1. The molecular weight excluding hydrogens is 268 g/mol. The van der Waals surface area contributed by atoms with Crippen molar-refractivity contribution in [3.8, 4) is 17.5 Å². The number of aromatic nitrogens is 3. The molecule has 0 radical (unpaired) electrons. The van der Waals surface area contributed by atoms with E-state index >= 15 is 0 Å². The van der Waals surface area contributed by atoms with Gasteiger partial charge in [0.2, 0.25) is 0 Å². The minimum absolute atomic E-state index is 0.00447. The molecular formula is C14H14N6O. The first kappa shape index (κ1) is 13.1. The van der Waals surface area contributed by atoms with Gasteiger partial charge in [0.1, 0.15) is 5.69 Å². The fourth-order valence-corrected chi connectivity index (χ4v) is 2.34. The van der Waals surface area contributed by atoms with E-state index in [-0.39, 0.29) is 11.9 Å². The van der Waals surface area contributed by atoms with Gasteiger partial charge in [0.25, 0.3) is 5.91 Å². The Morgan fingerprint density at radius 1 is 1.48 bits per heavy atom. The van der Waals surface area contributed by atoms with Gasteiger partial charge in [-0.05, 0) is 24.6 Å². The molecule has 1 amide bonds. The van der Waals surface area contributed by atoms with Crippen molar-refractivity contribution in [1.29, 1.82) is 5.26 Å². The molecule has 106 valence electrons. The summed E-state index contributed by atoms with van der Waals surface area (Å²) in [5, 5.41) is 18.6. The van der Waals surface area contributed by atoms with Crippen LogP contribution in [-0.2, 0) is 0 Å². The number of nitrogens with zero attached hydrogens (tertiary/aromatic N) is 4. The van der Waals surface area contributed by atoms with Crippen LogP contribution < -0.4 is 5.32 Å². The number of pyridine rings is 1. The van der Waals surface area contributed by atoms with Crippen LogP contribution in [0, 0.1) is 11.5 Å². The van der Waals surface area contributed by atoms with Gasteiger partial charge in [0.05, 0.1) is 5.69 Å². The number of H-pyrrole nitrogens is 1. The van der Waals surface area contributed by atoms with Crippen molar-refractivity contribution in [2.24, 2.45) is 0 Å². The summed E-state index contributed by atoms with van der Waals surface area (Å²) in [6.45, 7) is 1.25. The van der Waals surface area contributed by atoms with Crippen LogP contribution in [0.3, 0.4) is 0 Å². The van der Waals surface area contributed by atoms with Gasteiger partial charge in [0, 0.05) is 37.1 Å². The molecule has 0 aliphatic carbocycles. The quantitative estimate of drug-likeness (QED) is 0.810. The van der Waals surface area contributed by atoms with Gasteiger partial charge in [-0.25, -0.2) is 0 Å². The van der Waals surface area contributed by atoms with Crippen LogP contribution in [0.5, 0.6) is 0 Å².